The minimum absolute atomic E-state index is 0.798. The summed E-state index contributed by atoms with van der Waals surface area (Å²) in [5, 5.41) is 4.28. The van der Waals surface area contributed by atoms with E-state index < -0.39 is 0 Å². The Bertz CT molecular complexity index is 1040. The molecule has 0 aliphatic carbocycles. The summed E-state index contributed by atoms with van der Waals surface area (Å²) < 4.78 is 3.93. The van der Waals surface area contributed by atoms with E-state index in [-0.39, 0.29) is 0 Å². The van der Waals surface area contributed by atoms with Crippen molar-refractivity contribution in [1.82, 2.24) is 29.2 Å². The average molecular weight is 405 g/mol. The summed E-state index contributed by atoms with van der Waals surface area (Å²) in [5.74, 6) is 1.73. The molecule has 0 bridgehead atoms. The van der Waals surface area contributed by atoms with Crippen LogP contribution in [0.15, 0.2) is 54.8 Å². The summed E-state index contributed by atoms with van der Waals surface area (Å²) in [4.78, 5) is 18.2. The first-order valence-corrected chi connectivity index (χ1v) is 10.2. The minimum atomic E-state index is 0.798. The molecule has 8 heteroatoms. The number of rotatable bonds is 5. The monoisotopic (exact) mass is 404 g/mol. The van der Waals surface area contributed by atoms with Crippen LogP contribution in [0.2, 0.25) is 0 Å². The molecule has 156 valence electrons. The lowest BCUT2D eigenvalue weighted by Crippen LogP contribution is -2.49. The van der Waals surface area contributed by atoms with Gasteiger partial charge in [-0.2, -0.15) is 5.10 Å². The second-order valence-corrected chi connectivity index (χ2v) is 7.48. The van der Waals surface area contributed by atoms with E-state index in [9.17, 15) is 0 Å². The fourth-order valence-corrected chi connectivity index (χ4v) is 3.72. The number of nitrogens with zero attached hydrogens (tertiary/aromatic N) is 8. The molecule has 0 amide bonds. The van der Waals surface area contributed by atoms with Gasteiger partial charge in [-0.05, 0) is 18.1 Å². The van der Waals surface area contributed by atoms with Crippen LogP contribution < -0.4 is 4.90 Å². The average Bonchev–Trinajstić information content (AvgIpc) is 3.38. The van der Waals surface area contributed by atoms with Gasteiger partial charge < -0.3 is 14.4 Å². The molecule has 3 aromatic heterocycles. The maximum Gasteiger partial charge on any atom is 0.225 e. The molecule has 1 aliphatic heterocycles. The Kier molecular flexibility index (Phi) is 5.65. The molecule has 0 unspecified atom stereocenters. The van der Waals surface area contributed by atoms with Crippen LogP contribution in [0.5, 0.6) is 0 Å². The molecule has 0 spiro atoms. The summed E-state index contributed by atoms with van der Waals surface area (Å²) in [6.45, 7) is 9.33. The van der Waals surface area contributed by atoms with Gasteiger partial charge in [0.25, 0.3) is 0 Å². The molecule has 0 radical (unpaired) electrons. The third-order valence-corrected chi connectivity index (χ3v) is 5.45. The third-order valence-electron chi connectivity index (χ3n) is 5.45. The van der Waals surface area contributed by atoms with Crippen molar-refractivity contribution in [2.45, 2.75) is 13.3 Å². The summed E-state index contributed by atoms with van der Waals surface area (Å²) in [5.41, 5.74) is 4.44. The largest absolute Gasteiger partial charge is 0.351 e. The number of aryl methyl sites for hydroxylation is 3. The van der Waals surface area contributed by atoms with Gasteiger partial charge in [-0.25, -0.2) is 15.0 Å². The molecule has 3 aromatic rings. The topological polar surface area (TPSA) is 67.4 Å². The lowest BCUT2D eigenvalue weighted by Gasteiger charge is -2.36. The first-order chi connectivity index (χ1) is 14.6. The van der Waals surface area contributed by atoms with Crippen molar-refractivity contribution in [2.24, 2.45) is 19.1 Å². The number of anilines is 1. The summed E-state index contributed by atoms with van der Waals surface area (Å²) in [7, 11) is 3.98. The predicted molar refractivity (Wildman–Crippen MR) is 120 cm³/mol. The van der Waals surface area contributed by atoms with Crippen molar-refractivity contribution in [1.29, 1.82) is 0 Å². The van der Waals surface area contributed by atoms with Crippen LogP contribution in [0.1, 0.15) is 18.2 Å². The van der Waals surface area contributed by atoms with E-state index in [2.05, 4.69) is 60.2 Å². The molecule has 0 atom stereocenters. The van der Waals surface area contributed by atoms with Gasteiger partial charge in [0.05, 0.1) is 11.9 Å². The second-order valence-electron chi connectivity index (χ2n) is 7.48. The zero-order chi connectivity index (χ0) is 21.1. The van der Waals surface area contributed by atoms with Gasteiger partial charge in [0, 0.05) is 82.4 Å². The molecule has 1 saturated heterocycles. The number of amidine groups is 1. The number of hydrogen-bond acceptors (Lipinski definition) is 5. The van der Waals surface area contributed by atoms with E-state index >= 15 is 0 Å². The van der Waals surface area contributed by atoms with Crippen molar-refractivity contribution < 1.29 is 0 Å². The Morgan fingerprint density at radius 1 is 1.07 bits per heavy atom. The molecular formula is C22H28N8. The Labute approximate surface area is 177 Å². The van der Waals surface area contributed by atoms with Crippen LogP contribution in [0.25, 0.3) is 11.1 Å². The van der Waals surface area contributed by atoms with Crippen LogP contribution >= 0.6 is 0 Å². The Morgan fingerprint density at radius 2 is 1.80 bits per heavy atom. The van der Waals surface area contributed by atoms with Crippen LogP contribution in [-0.4, -0.2) is 61.2 Å². The van der Waals surface area contributed by atoms with Gasteiger partial charge in [-0.15, -0.1) is 0 Å². The van der Waals surface area contributed by atoms with E-state index in [0.29, 0.717) is 0 Å². The minimum Gasteiger partial charge on any atom is -0.351 e. The maximum atomic E-state index is 4.63. The Balaban J connectivity index is 1.51. The number of aromatic nitrogens is 5. The quantitative estimate of drug-likeness (QED) is 0.483. The van der Waals surface area contributed by atoms with Crippen molar-refractivity contribution in [3.8, 4) is 11.1 Å². The standard InChI is InChI=1S/C22H28N8/c1-5-17-12-24-22(25-13-17)30-9-7-29(8-10-30)21(23-6-2)20-11-18(15-27(20)3)19-14-26-28(4)16-19/h6,11-16H,2,5,7-10H2,1,3-4H3. The molecule has 0 N–H and O–H groups in total. The first-order valence-electron chi connectivity index (χ1n) is 10.2. The molecule has 4 heterocycles. The normalized spacial score (nSPS) is 15.0. The van der Waals surface area contributed by atoms with Gasteiger partial charge in [0.2, 0.25) is 5.95 Å². The molecule has 8 nitrogen and oxygen atoms in total. The van der Waals surface area contributed by atoms with E-state index in [0.717, 1.165) is 66.8 Å². The Morgan fingerprint density at radius 3 is 2.40 bits per heavy atom. The molecule has 0 saturated carbocycles. The second kappa shape index (κ2) is 8.52. The van der Waals surface area contributed by atoms with Gasteiger partial charge in [-0.3, -0.25) is 4.68 Å². The molecular weight excluding hydrogens is 376 g/mol. The smallest absolute Gasteiger partial charge is 0.225 e. The summed E-state index contributed by atoms with van der Waals surface area (Å²) >= 11 is 0. The maximum absolute atomic E-state index is 4.63. The van der Waals surface area contributed by atoms with Gasteiger partial charge in [0.1, 0.15) is 0 Å². The van der Waals surface area contributed by atoms with Crippen LogP contribution in [0.4, 0.5) is 5.95 Å². The fraction of sp³-hybridized carbons (Fsp3) is 0.364. The van der Waals surface area contributed by atoms with Gasteiger partial charge >= 0.3 is 0 Å². The van der Waals surface area contributed by atoms with Crippen LogP contribution in [0, 0.1) is 0 Å². The molecule has 1 fully saturated rings. The van der Waals surface area contributed by atoms with Gasteiger partial charge in [0.15, 0.2) is 5.84 Å². The highest BCUT2D eigenvalue weighted by molar-refractivity contribution is 5.99. The molecule has 1 aliphatic rings. The third kappa shape index (κ3) is 3.98. The number of hydrogen-bond donors (Lipinski definition) is 0. The van der Waals surface area contributed by atoms with E-state index in [1.807, 2.05) is 43.6 Å². The van der Waals surface area contributed by atoms with Crippen LogP contribution in [0.3, 0.4) is 0 Å². The number of aliphatic imine (C=N–C) groups is 1. The summed E-state index contributed by atoms with van der Waals surface area (Å²) in [6, 6.07) is 2.16. The highest BCUT2D eigenvalue weighted by Crippen LogP contribution is 2.23. The lowest BCUT2D eigenvalue weighted by atomic mass is 10.2. The molecule has 4 rings (SSSR count). The summed E-state index contributed by atoms with van der Waals surface area (Å²) in [6.07, 6.45) is 12.4. The number of piperazine rings is 1. The zero-order valence-electron chi connectivity index (χ0n) is 17.9. The lowest BCUT2D eigenvalue weighted by molar-refractivity contribution is 0.382. The Hall–Kier alpha value is -3.42. The molecule has 0 aromatic carbocycles. The van der Waals surface area contributed by atoms with Gasteiger partial charge in [-0.1, -0.05) is 13.5 Å². The van der Waals surface area contributed by atoms with E-state index in [1.54, 1.807) is 6.20 Å². The van der Waals surface area contributed by atoms with Crippen molar-refractivity contribution >= 4 is 11.8 Å². The fourth-order valence-electron chi connectivity index (χ4n) is 3.72. The van der Waals surface area contributed by atoms with Crippen molar-refractivity contribution in [2.75, 3.05) is 31.1 Å². The highest BCUT2D eigenvalue weighted by atomic mass is 15.3. The van der Waals surface area contributed by atoms with E-state index in [1.165, 1.54) is 0 Å². The van der Waals surface area contributed by atoms with Crippen molar-refractivity contribution in [3.63, 3.8) is 0 Å². The van der Waals surface area contributed by atoms with E-state index in [4.69, 9.17) is 0 Å². The SMILES string of the molecule is C=CN=C(c1cc(-c2cnn(C)c2)cn1C)N1CCN(c2ncc(CC)cn2)CC1. The predicted octanol–water partition coefficient (Wildman–Crippen LogP) is 2.49. The van der Waals surface area contributed by atoms with Crippen LogP contribution in [-0.2, 0) is 20.5 Å². The first kappa shape index (κ1) is 19.9. The van der Waals surface area contributed by atoms with Crippen molar-refractivity contribution in [3.05, 3.63) is 61.1 Å². The highest BCUT2D eigenvalue weighted by Gasteiger charge is 2.24. The molecule has 30 heavy (non-hydrogen) atoms. The zero-order valence-corrected chi connectivity index (χ0v) is 17.9.